The number of nitrogens with one attached hydrogen (secondary N) is 3. The Hall–Kier alpha value is -3.22. The van der Waals surface area contributed by atoms with Gasteiger partial charge in [0, 0.05) is 24.1 Å². The third-order valence-corrected chi connectivity index (χ3v) is 7.60. The lowest BCUT2D eigenvalue weighted by atomic mass is 9.91. The zero-order valence-corrected chi connectivity index (χ0v) is 20.3. The number of aromatic amines is 1. The Balaban J connectivity index is 1.27. The summed E-state index contributed by atoms with van der Waals surface area (Å²) in [5.41, 5.74) is 0.498. The van der Waals surface area contributed by atoms with Crippen molar-refractivity contribution in [2.24, 2.45) is 5.92 Å². The van der Waals surface area contributed by atoms with Crippen molar-refractivity contribution in [2.45, 2.75) is 47.8 Å². The molecule has 1 unspecified atom stereocenters. The van der Waals surface area contributed by atoms with Crippen LogP contribution in [0.5, 0.6) is 0 Å². The minimum Gasteiger partial charge on any atom is -0.356 e. The van der Waals surface area contributed by atoms with Gasteiger partial charge in [0.25, 0.3) is 0 Å². The van der Waals surface area contributed by atoms with Gasteiger partial charge in [-0.3, -0.25) is 5.10 Å². The summed E-state index contributed by atoms with van der Waals surface area (Å²) in [7, 11) is 1.41. The fourth-order valence-electron chi connectivity index (χ4n) is 4.70. The lowest BCUT2D eigenvalue weighted by Gasteiger charge is -2.45. The largest absolute Gasteiger partial charge is 0.427 e. The Morgan fingerprint density at radius 2 is 1.92 bits per heavy atom. The van der Waals surface area contributed by atoms with Crippen molar-refractivity contribution in [1.82, 2.24) is 20.2 Å². The number of rotatable bonds is 6. The third kappa shape index (κ3) is 4.29. The van der Waals surface area contributed by atoms with Gasteiger partial charge in [-0.2, -0.15) is 18.3 Å². The molecule has 0 spiro atoms. The fraction of sp³-hybridized carbons (Fsp3) is 0.435. The number of alkyl halides is 4. The molecule has 2 aliphatic heterocycles. The van der Waals surface area contributed by atoms with E-state index >= 15 is 0 Å². The van der Waals surface area contributed by atoms with Crippen LogP contribution in [0.3, 0.4) is 0 Å². The van der Waals surface area contributed by atoms with Crippen LogP contribution in [0.4, 0.5) is 46.4 Å². The molecule has 1 aromatic carbocycles. The molecule has 2 fully saturated rings. The molecule has 13 heteroatoms. The molecule has 190 valence electrons. The quantitative estimate of drug-likeness (QED) is 0.306. The van der Waals surface area contributed by atoms with E-state index in [1.165, 1.54) is 23.7 Å². The second-order valence-corrected chi connectivity index (χ2v) is 10.6. The summed E-state index contributed by atoms with van der Waals surface area (Å²) in [6.07, 6.45) is -4.33. The molecule has 36 heavy (non-hydrogen) atoms. The Morgan fingerprint density at radius 3 is 2.58 bits per heavy atom. The first-order valence-corrected chi connectivity index (χ1v) is 12.4. The summed E-state index contributed by atoms with van der Waals surface area (Å²) in [4.78, 5) is 13.0. The zero-order valence-electron chi connectivity index (χ0n) is 19.5. The number of hydrogen-bond donors (Lipinski definition) is 3. The number of nitrogens with zero attached hydrogens (tertiary/aromatic N) is 5. The molecule has 2 aromatic heterocycles. The van der Waals surface area contributed by atoms with Crippen molar-refractivity contribution in [1.29, 1.82) is 0 Å². The predicted molar refractivity (Wildman–Crippen MR) is 130 cm³/mol. The number of halogens is 4. The second kappa shape index (κ2) is 8.15. The monoisotopic (exact) mass is 520 g/mol. The molecule has 8 nitrogen and oxygen atoms in total. The number of fused-ring (bicyclic) bond motifs is 1. The molecule has 1 saturated carbocycles. The highest BCUT2D eigenvalue weighted by atomic mass is 32.2. The van der Waals surface area contributed by atoms with Crippen LogP contribution in [-0.2, 0) is 0 Å². The van der Waals surface area contributed by atoms with Gasteiger partial charge in [-0.25, -0.2) is 14.4 Å². The maximum absolute atomic E-state index is 15.0. The minimum atomic E-state index is -4.41. The van der Waals surface area contributed by atoms with Crippen molar-refractivity contribution >= 4 is 40.6 Å². The Morgan fingerprint density at radius 1 is 1.14 bits per heavy atom. The van der Waals surface area contributed by atoms with Gasteiger partial charge in [0.2, 0.25) is 0 Å². The first-order chi connectivity index (χ1) is 17.1. The van der Waals surface area contributed by atoms with E-state index in [1.54, 1.807) is 24.3 Å². The van der Waals surface area contributed by atoms with Gasteiger partial charge < -0.3 is 20.4 Å². The number of H-pyrrole nitrogens is 1. The van der Waals surface area contributed by atoms with Crippen LogP contribution in [0.2, 0.25) is 0 Å². The molecule has 0 bridgehead atoms. The molecular weight excluding hydrogens is 496 g/mol. The highest BCUT2D eigenvalue weighted by Gasteiger charge is 2.54. The fourth-order valence-corrected chi connectivity index (χ4v) is 5.50. The van der Waals surface area contributed by atoms with E-state index in [-0.39, 0.29) is 19.0 Å². The summed E-state index contributed by atoms with van der Waals surface area (Å²) < 4.78 is 55.0. The third-order valence-electron chi connectivity index (χ3n) is 6.75. The van der Waals surface area contributed by atoms with E-state index in [1.807, 2.05) is 17.9 Å². The Bertz CT molecular complexity index is 1300. The molecular formula is C23H24F4N8S. The summed E-state index contributed by atoms with van der Waals surface area (Å²) in [5.74, 6) is 1.88. The van der Waals surface area contributed by atoms with Gasteiger partial charge in [0.15, 0.2) is 11.3 Å². The molecule has 3 N–H and O–H groups in total. The molecule has 3 aliphatic rings. The van der Waals surface area contributed by atoms with Gasteiger partial charge >= 0.3 is 6.18 Å². The first kappa shape index (κ1) is 23.2. The highest BCUT2D eigenvalue weighted by molar-refractivity contribution is 7.99. The Labute approximate surface area is 208 Å². The van der Waals surface area contributed by atoms with E-state index < -0.39 is 18.0 Å². The SMILES string of the molecule is Cc1cc(Nc2cc(N3CC(F)(C4CC4)C3)nc(Sc3ccc4c(c3)N(C)C(C(F)(F)F)N4)n2)[nH]n1. The molecule has 0 amide bonds. The van der Waals surface area contributed by atoms with E-state index in [0.717, 1.165) is 18.5 Å². The van der Waals surface area contributed by atoms with Crippen LogP contribution in [-0.4, -0.2) is 58.3 Å². The van der Waals surface area contributed by atoms with Crippen molar-refractivity contribution < 1.29 is 17.6 Å². The molecule has 3 aromatic rings. The standard InChI is InChI=1S/C23H24F4N8S/c1-12-7-18(33-32-12)29-17-9-19(35-10-22(24,11-35)13-3-4-13)31-21(30-17)36-14-5-6-15-16(8-14)34(2)20(28-15)23(25,26)27/h5-9,13,20,28H,3-4,10-11H2,1-2H3,(H2,29,30,31,32,33). The van der Waals surface area contributed by atoms with Gasteiger partial charge in [-0.05, 0) is 55.6 Å². The van der Waals surface area contributed by atoms with E-state index in [2.05, 4.69) is 30.8 Å². The maximum Gasteiger partial charge on any atom is 0.427 e. The lowest BCUT2D eigenvalue weighted by Crippen LogP contribution is -2.60. The van der Waals surface area contributed by atoms with Crippen molar-refractivity contribution in [3.05, 3.63) is 36.0 Å². The summed E-state index contributed by atoms with van der Waals surface area (Å²) >= 11 is 1.23. The summed E-state index contributed by atoms with van der Waals surface area (Å²) in [6, 6.07) is 8.63. The second-order valence-electron chi connectivity index (χ2n) is 9.59. The number of aromatic nitrogens is 4. The molecule has 1 aliphatic carbocycles. The van der Waals surface area contributed by atoms with E-state index in [4.69, 9.17) is 0 Å². The van der Waals surface area contributed by atoms with Crippen molar-refractivity contribution in [2.75, 3.05) is 40.6 Å². The zero-order chi connectivity index (χ0) is 25.2. The normalized spacial score (nSPS) is 20.7. The smallest absolute Gasteiger partial charge is 0.356 e. The Kier molecular flexibility index (Phi) is 5.25. The number of hydrogen-bond acceptors (Lipinski definition) is 8. The maximum atomic E-state index is 15.0. The van der Waals surface area contributed by atoms with Gasteiger partial charge in [-0.1, -0.05) is 0 Å². The van der Waals surface area contributed by atoms with Crippen LogP contribution in [0.15, 0.2) is 40.4 Å². The first-order valence-electron chi connectivity index (χ1n) is 11.6. The summed E-state index contributed by atoms with van der Waals surface area (Å²) in [5, 5.41) is 13.1. The average Bonchev–Trinajstić information content (AvgIpc) is 3.49. The van der Waals surface area contributed by atoms with Crippen LogP contribution in [0.25, 0.3) is 0 Å². The van der Waals surface area contributed by atoms with Crippen molar-refractivity contribution in [3.8, 4) is 0 Å². The average molecular weight is 521 g/mol. The predicted octanol–water partition coefficient (Wildman–Crippen LogP) is 5.09. The molecule has 4 heterocycles. The molecule has 0 radical (unpaired) electrons. The minimum absolute atomic E-state index is 0.132. The van der Waals surface area contributed by atoms with Crippen LogP contribution >= 0.6 is 11.8 Å². The van der Waals surface area contributed by atoms with E-state index in [0.29, 0.717) is 38.9 Å². The number of benzene rings is 1. The van der Waals surface area contributed by atoms with Crippen LogP contribution in [0, 0.1) is 12.8 Å². The lowest BCUT2D eigenvalue weighted by molar-refractivity contribution is -0.140. The number of anilines is 5. The van der Waals surface area contributed by atoms with Crippen LogP contribution in [0.1, 0.15) is 18.5 Å². The summed E-state index contributed by atoms with van der Waals surface area (Å²) in [6.45, 7) is 2.43. The van der Waals surface area contributed by atoms with Gasteiger partial charge in [0.05, 0.1) is 30.2 Å². The van der Waals surface area contributed by atoms with E-state index in [9.17, 15) is 17.6 Å². The number of aryl methyl sites for hydroxylation is 1. The molecule has 6 rings (SSSR count). The molecule has 1 atom stereocenters. The van der Waals surface area contributed by atoms with Crippen LogP contribution < -0.4 is 20.4 Å². The topological polar surface area (TPSA) is 85.0 Å². The van der Waals surface area contributed by atoms with Crippen molar-refractivity contribution in [3.63, 3.8) is 0 Å². The van der Waals surface area contributed by atoms with Gasteiger partial charge in [0.1, 0.15) is 23.1 Å². The molecule has 1 saturated heterocycles. The highest BCUT2D eigenvalue weighted by Crippen LogP contribution is 2.48. The van der Waals surface area contributed by atoms with Gasteiger partial charge in [-0.15, -0.1) is 0 Å².